The van der Waals surface area contributed by atoms with Crippen molar-refractivity contribution >= 4 is 5.91 Å². The SMILES string of the molecule is COc1ccccc1C(=O)N1CCC(Cc2nncn2-c2ccccc2)CC1. The molecular formula is C22H24N4O2. The zero-order valence-corrected chi connectivity index (χ0v) is 16.0. The molecule has 6 heteroatoms. The van der Waals surface area contributed by atoms with Crippen molar-refractivity contribution in [2.45, 2.75) is 19.3 Å². The normalized spacial score (nSPS) is 14.8. The van der Waals surface area contributed by atoms with E-state index in [-0.39, 0.29) is 5.91 Å². The summed E-state index contributed by atoms with van der Waals surface area (Å²) in [6, 6.07) is 17.6. The van der Waals surface area contributed by atoms with Crippen molar-refractivity contribution in [2.75, 3.05) is 20.2 Å². The van der Waals surface area contributed by atoms with E-state index in [9.17, 15) is 4.79 Å². The Morgan fingerprint density at radius 1 is 1.07 bits per heavy atom. The molecule has 1 aliphatic rings. The van der Waals surface area contributed by atoms with Gasteiger partial charge in [0.25, 0.3) is 5.91 Å². The zero-order chi connectivity index (χ0) is 19.3. The second-order valence-corrected chi connectivity index (χ2v) is 7.09. The molecule has 1 amide bonds. The number of amides is 1. The van der Waals surface area contributed by atoms with Gasteiger partial charge in [0, 0.05) is 25.2 Å². The van der Waals surface area contributed by atoms with E-state index in [2.05, 4.69) is 22.3 Å². The summed E-state index contributed by atoms with van der Waals surface area (Å²) < 4.78 is 7.39. The lowest BCUT2D eigenvalue weighted by atomic mass is 9.92. The van der Waals surface area contributed by atoms with Gasteiger partial charge in [0.05, 0.1) is 12.7 Å². The molecule has 0 unspecified atom stereocenters. The van der Waals surface area contributed by atoms with Crippen LogP contribution in [0.25, 0.3) is 5.69 Å². The zero-order valence-electron chi connectivity index (χ0n) is 16.0. The van der Waals surface area contributed by atoms with Crippen LogP contribution < -0.4 is 4.74 Å². The van der Waals surface area contributed by atoms with Crippen LogP contribution in [0.3, 0.4) is 0 Å². The van der Waals surface area contributed by atoms with Gasteiger partial charge in [0.15, 0.2) is 0 Å². The maximum atomic E-state index is 12.9. The first-order valence-electron chi connectivity index (χ1n) is 9.63. The Balaban J connectivity index is 1.39. The van der Waals surface area contributed by atoms with Gasteiger partial charge in [-0.05, 0) is 43.0 Å². The molecular weight excluding hydrogens is 352 g/mol. The molecule has 0 spiro atoms. The summed E-state index contributed by atoms with van der Waals surface area (Å²) in [5.74, 6) is 2.14. The van der Waals surface area contributed by atoms with Crippen molar-refractivity contribution in [1.29, 1.82) is 0 Å². The highest BCUT2D eigenvalue weighted by molar-refractivity contribution is 5.97. The van der Waals surface area contributed by atoms with Crippen LogP contribution in [0.2, 0.25) is 0 Å². The molecule has 4 rings (SSSR count). The van der Waals surface area contributed by atoms with Gasteiger partial charge in [-0.3, -0.25) is 9.36 Å². The van der Waals surface area contributed by atoms with Gasteiger partial charge in [-0.25, -0.2) is 0 Å². The summed E-state index contributed by atoms with van der Waals surface area (Å²) in [5, 5.41) is 8.43. The number of nitrogens with zero attached hydrogens (tertiary/aromatic N) is 4. The highest BCUT2D eigenvalue weighted by Gasteiger charge is 2.26. The largest absolute Gasteiger partial charge is 0.496 e. The van der Waals surface area contributed by atoms with E-state index in [1.54, 1.807) is 13.4 Å². The Labute approximate surface area is 164 Å². The summed E-state index contributed by atoms with van der Waals surface area (Å²) in [4.78, 5) is 14.8. The molecule has 144 valence electrons. The Morgan fingerprint density at radius 3 is 2.54 bits per heavy atom. The summed E-state index contributed by atoms with van der Waals surface area (Å²) in [6.07, 6.45) is 4.56. The number of ether oxygens (including phenoxy) is 1. The number of aromatic nitrogens is 3. The highest BCUT2D eigenvalue weighted by Crippen LogP contribution is 2.25. The van der Waals surface area contributed by atoms with Gasteiger partial charge >= 0.3 is 0 Å². The van der Waals surface area contributed by atoms with Crippen LogP contribution in [0.15, 0.2) is 60.9 Å². The third-order valence-electron chi connectivity index (χ3n) is 5.36. The van der Waals surface area contributed by atoms with Crippen molar-refractivity contribution in [2.24, 2.45) is 5.92 Å². The van der Waals surface area contributed by atoms with E-state index in [1.807, 2.05) is 51.9 Å². The molecule has 1 aliphatic heterocycles. The van der Waals surface area contributed by atoms with Crippen LogP contribution >= 0.6 is 0 Å². The Hall–Kier alpha value is -3.15. The van der Waals surface area contributed by atoms with Crippen LogP contribution in [0, 0.1) is 5.92 Å². The number of benzene rings is 2. The van der Waals surface area contributed by atoms with E-state index in [0.717, 1.165) is 43.9 Å². The van der Waals surface area contributed by atoms with Crippen molar-refractivity contribution in [3.8, 4) is 11.4 Å². The van der Waals surface area contributed by atoms with Gasteiger partial charge in [0.1, 0.15) is 17.9 Å². The van der Waals surface area contributed by atoms with Crippen molar-refractivity contribution < 1.29 is 9.53 Å². The molecule has 2 heterocycles. The molecule has 0 saturated carbocycles. The standard InChI is InChI=1S/C22H24N4O2/c1-28-20-10-6-5-9-19(20)22(27)25-13-11-17(12-14-25)15-21-24-23-16-26(21)18-7-3-2-4-8-18/h2-10,16-17H,11-15H2,1H3. The fourth-order valence-corrected chi connectivity index (χ4v) is 3.79. The van der Waals surface area contributed by atoms with E-state index >= 15 is 0 Å². The number of likely N-dealkylation sites (tertiary alicyclic amines) is 1. The fourth-order valence-electron chi connectivity index (χ4n) is 3.79. The minimum absolute atomic E-state index is 0.0448. The molecule has 3 aromatic rings. The third-order valence-corrected chi connectivity index (χ3v) is 5.36. The quantitative estimate of drug-likeness (QED) is 0.685. The van der Waals surface area contributed by atoms with Gasteiger partial charge in [-0.15, -0.1) is 10.2 Å². The number of hydrogen-bond acceptors (Lipinski definition) is 4. The average Bonchev–Trinajstić information content (AvgIpc) is 3.22. The van der Waals surface area contributed by atoms with E-state index < -0.39 is 0 Å². The molecule has 0 atom stereocenters. The first-order chi connectivity index (χ1) is 13.8. The predicted octanol–water partition coefficient (Wildman–Crippen LogP) is 3.37. The number of rotatable bonds is 5. The van der Waals surface area contributed by atoms with Gasteiger partial charge < -0.3 is 9.64 Å². The molecule has 0 N–H and O–H groups in total. The molecule has 0 radical (unpaired) electrons. The number of carbonyl (C=O) groups excluding carboxylic acids is 1. The topological polar surface area (TPSA) is 60.2 Å². The molecule has 0 aliphatic carbocycles. The molecule has 6 nitrogen and oxygen atoms in total. The monoisotopic (exact) mass is 376 g/mol. The van der Waals surface area contributed by atoms with Crippen LogP contribution in [-0.2, 0) is 6.42 Å². The predicted molar refractivity (Wildman–Crippen MR) is 107 cm³/mol. The summed E-state index contributed by atoms with van der Waals surface area (Å²) in [6.45, 7) is 1.50. The van der Waals surface area contributed by atoms with Crippen LogP contribution in [0.4, 0.5) is 0 Å². The molecule has 1 fully saturated rings. The first-order valence-corrected chi connectivity index (χ1v) is 9.63. The Bertz CT molecular complexity index is 930. The van der Waals surface area contributed by atoms with Crippen molar-refractivity contribution in [3.63, 3.8) is 0 Å². The number of para-hydroxylation sites is 2. The van der Waals surface area contributed by atoms with Gasteiger partial charge in [0.2, 0.25) is 0 Å². The van der Waals surface area contributed by atoms with Gasteiger partial charge in [-0.2, -0.15) is 0 Å². The van der Waals surface area contributed by atoms with E-state index in [1.165, 1.54) is 0 Å². The average molecular weight is 376 g/mol. The molecule has 1 aromatic heterocycles. The molecule has 1 saturated heterocycles. The second kappa shape index (κ2) is 8.25. The highest BCUT2D eigenvalue weighted by atomic mass is 16.5. The fraction of sp³-hybridized carbons (Fsp3) is 0.318. The number of hydrogen-bond donors (Lipinski definition) is 0. The first kappa shape index (κ1) is 18.2. The smallest absolute Gasteiger partial charge is 0.257 e. The number of piperidine rings is 1. The lowest BCUT2D eigenvalue weighted by Crippen LogP contribution is -2.39. The minimum atomic E-state index is 0.0448. The van der Waals surface area contributed by atoms with E-state index in [0.29, 0.717) is 17.2 Å². The van der Waals surface area contributed by atoms with E-state index in [4.69, 9.17) is 4.74 Å². The molecule has 0 bridgehead atoms. The third kappa shape index (κ3) is 3.76. The van der Waals surface area contributed by atoms with Crippen LogP contribution in [-0.4, -0.2) is 45.8 Å². The van der Waals surface area contributed by atoms with Crippen LogP contribution in [0.5, 0.6) is 5.75 Å². The summed E-state index contributed by atoms with van der Waals surface area (Å²) >= 11 is 0. The maximum absolute atomic E-state index is 12.9. The Kier molecular flexibility index (Phi) is 5.37. The summed E-state index contributed by atoms with van der Waals surface area (Å²) in [7, 11) is 1.60. The number of methoxy groups -OCH3 is 1. The minimum Gasteiger partial charge on any atom is -0.496 e. The second-order valence-electron chi connectivity index (χ2n) is 7.09. The summed E-state index contributed by atoms with van der Waals surface area (Å²) in [5.41, 5.74) is 1.71. The lowest BCUT2D eigenvalue weighted by Gasteiger charge is -2.32. The molecule has 2 aromatic carbocycles. The number of carbonyl (C=O) groups is 1. The van der Waals surface area contributed by atoms with Crippen molar-refractivity contribution in [1.82, 2.24) is 19.7 Å². The van der Waals surface area contributed by atoms with Gasteiger partial charge in [-0.1, -0.05) is 30.3 Å². The Morgan fingerprint density at radius 2 is 1.79 bits per heavy atom. The lowest BCUT2D eigenvalue weighted by molar-refractivity contribution is 0.0686. The van der Waals surface area contributed by atoms with Crippen LogP contribution in [0.1, 0.15) is 29.0 Å². The molecule has 28 heavy (non-hydrogen) atoms. The maximum Gasteiger partial charge on any atom is 0.257 e. The van der Waals surface area contributed by atoms with Crippen molar-refractivity contribution in [3.05, 3.63) is 72.3 Å².